The van der Waals surface area contributed by atoms with Crippen molar-refractivity contribution in [3.05, 3.63) is 156 Å². The molecule has 5 aromatic carbocycles. The maximum atomic E-state index is 13.5. The summed E-state index contributed by atoms with van der Waals surface area (Å²) in [5.74, 6) is -8.77. The lowest BCUT2D eigenvalue weighted by Gasteiger charge is -2.15. The SMILES string of the molecule is CC(=O)c1cc(Cl)ccc1O[C@@H](C)C(=O)O.CCC(=O)c1cc(F)cc(F)c1O[C@@H](C)C(=O)O.CCC(=O)c1cc(F)ccc1O[C@@H](C)C(=O)O.C[C@H](Oc1ccc(Br)cc1C1=CCCC1)C(=O)O.C[C@H](Oc1ccc(Br)cc1C=C(F)F)C(=O)O.S.S.S.S. The van der Waals surface area contributed by atoms with Crippen LogP contribution in [0.3, 0.4) is 0 Å². The van der Waals surface area contributed by atoms with Crippen molar-refractivity contribution in [2.24, 2.45) is 0 Å². The standard InChI is InChI=1S/C14H15BrO3.C12H12F2O4.C12H13FO4.C11H9BrF2O3.C11H11ClO4.4H2S/c1-9(14(16)17)18-13-7-6-11(15)8-12(13)10-4-2-3-5-10;1-3-10(15)8-4-7(13)5-9(14)11(8)18-6(2)12(16)17;1-3-10(14)9-6-8(13)4-5-11(9)17-7(2)12(15)16;1-6(11(15)16)17-9-3-2-8(12)4-7(9)5-10(13)14;1-6(13)9-5-8(12)3-4-10(9)16-7(2)11(14)15;;;;/h4,6-9H,2-3,5H2,1H3,(H,16,17);4-6H,3H2,1-2H3,(H,16,17);4-7H,3H2,1-2H3,(H,15,16);2-6H,1H3,(H,15,16);3-5,7H,1-2H3,(H,14,15);4*1H2/t9-;6-;7-;6-;7-;;;;/m00000..../s1. The Kier molecular flexibility index (Phi) is 41.9. The van der Waals surface area contributed by atoms with Crippen LogP contribution in [0.1, 0.15) is 130 Å². The molecule has 0 unspecified atom stereocenters. The van der Waals surface area contributed by atoms with E-state index in [1.807, 2.05) is 18.2 Å². The predicted octanol–water partition coefficient (Wildman–Crippen LogP) is 14.9. The van der Waals surface area contributed by atoms with Crippen molar-refractivity contribution < 1.29 is 110 Å². The van der Waals surface area contributed by atoms with Crippen molar-refractivity contribution in [2.75, 3.05) is 0 Å². The first-order valence-electron chi connectivity index (χ1n) is 25.6. The van der Waals surface area contributed by atoms with Crippen LogP contribution in [0.5, 0.6) is 28.7 Å². The van der Waals surface area contributed by atoms with Crippen molar-refractivity contribution in [1.29, 1.82) is 0 Å². The third-order valence-corrected chi connectivity index (χ3v) is 12.5. The van der Waals surface area contributed by atoms with Gasteiger partial charge in [0.25, 0.3) is 6.08 Å². The van der Waals surface area contributed by atoms with Crippen molar-refractivity contribution in [2.45, 2.75) is 118 Å². The van der Waals surface area contributed by atoms with Gasteiger partial charge < -0.3 is 49.2 Å². The van der Waals surface area contributed by atoms with Crippen LogP contribution in [-0.2, 0) is 24.0 Å². The molecule has 1 aliphatic rings. The molecule has 0 heterocycles. The topological polar surface area (TPSA) is 284 Å². The number of halogens is 8. The van der Waals surface area contributed by atoms with Crippen LogP contribution < -0.4 is 23.7 Å². The number of ketones is 3. The van der Waals surface area contributed by atoms with Crippen LogP contribution >= 0.6 is 97.4 Å². The molecule has 0 spiro atoms. The number of carboxylic acid groups (broad SMARTS) is 5. The van der Waals surface area contributed by atoms with Gasteiger partial charge in [-0.05, 0) is 145 Å². The Labute approximate surface area is 565 Å². The van der Waals surface area contributed by atoms with E-state index in [2.05, 4.69) is 37.9 Å². The quantitative estimate of drug-likeness (QED) is 0.0318. The first-order chi connectivity index (χ1) is 40.2. The zero-order valence-electron chi connectivity index (χ0n) is 49.2. The van der Waals surface area contributed by atoms with Gasteiger partial charge in [0.05, 0.1) is 16.7 Å². The number of carboxylic acids is 5. The maximum Gasteiger partial charge on any atom is 0.344 e. The maximum absolute atomic E-state index is 13.5. The average molecular weight is 1500 g/mol. The first kappa shape index (κ1) is 87.4. The summed E-state index contributed by atoms with van der Waals surface area (Å²) in [5, 5.41) is 44.0. The van der Waals surface area contributed by atoms with E-state index in [0.717, 1.165) is 47.5 Å². The van der Waals surface area contributed by atoms with E-state index in [4.69, 9.17) is 60.8 Å². The highest BCUT2D eigenvalue weighted by molar-refractivity contribution is 9.10. The van der Waals surface area contributed by atoms with Gasteiger partial charge in [-0.15, -0.1) is 0 Å². The van der Waals surface area contributed by atoms with Crippen molar-refractivity contribution in [3.63, 3.8) is 0 Å². The zero-order valence-corrected chi connectivity index (χ0v) is 57.2. The molecule has 5 N–H and O–H groups in total. The minimum absolute atomic E-state index is 0. The summed E-state index contributed by atoms with van der Waals surface area (Å²) in [7, 11) is 0. The summed E-state index contributed by atoms with van der Waals surface area (Å²) in [6.45, 7) is 11.3. The molecular weight excluding hydrogens is 1430 g/mol. The second kappa shape index (κ2) is 43.1. The minimum Gasteiger partial charge on any atom is -0.479 e. The molecule has 0 saturated heterocycles. The van der Waals surface area contributed by atoms with Gasteiger partial charge in [0, 0.05) is 50.1 Å². The molecule has 5 aromatic rings. The monoisotopic (exact) mass is 1490 g/mol. The highest BCUT2D eigenvalue weighted by atomic mass is 79.9. The molecule has 0 saturated carbocycles. The van der Waals surface area contributed by atoms with Gasteiger partial charge in [0.2, 0.25) is 0 Å². The Hall–Kier alpha value is -6.76. The molecule has 0 radical (unpaired) electrons. The number of Topliss-reactive ketones (excluding diaryl/α,β-unsaturated/α-hetero) is 3. The lowest BCUT2D eigenvalue weighted by molar-refractivity contribution is -0.145. The number of ether oxygens (including phenoxy) is 5. The largest absolute Gasteiger partial charge is 0.479 e. The summed E-state index contributed by atoms with van der Waals surface area (Å²) < 4.78 is 91.2. The first-order valence-corrected chi connectivity index (χ1v) is 27.6. The molecule has 0 aromatic heterocycles. The Morgan fingerprint density at radius 1 is 0.533 bits per heavy atom. The van der Waals surface area contributed by atoms with Crippen molar-refractivity contribution >= 4 is 156 Å². The third kappa shape index (κ3) is 29.9. The second-order valence-corrected chi connectivity index (χ2v) is 20.3. The molecule has 496 valence electrons. The van der Waals surface area contributed by atoms with E-state index >= 15 is 0 Å². The molecule has 0 fully saturated rings. The lowest BCUT2D eigenvalue weighted by atomic mass is 10.0. The fourth-order valence-electron chi connectivity index (χ4n) is 6.79. The van der Waals surface area contributed by atoms with Gasteiger partial charge in [-0.3, -0.25) is 14.4 Å². The van der Waals surface area contributed by atoms with Crippen LogP contribution in [-0.4, -0.2) is 103 Å². The second-order valence-electron chi connectivity index (χ2n) is 18.0. The number of hydrogen-bond donors (Lipinski definition) is 5. The molecular formula is C60H68Br2ClF5O18S4. The number of benzene rings is 5. The molecule has 30 heteroatoms. The summed E-state index contributed by atoms with van der Waals surface area (Å²) in [5.41, 5.74) is 2.41. The zero-order chi connectivity index (χ0) is 65.3. The van der Waals surface area contributed by atoms with Gasteiger partial charge in [-0.2, -0.15) is 62.8 Å². The molecule has 6 rings (SSSR count). The smallest absolute Gasteiger partial charge is 0.344 e. The number of aliphatic carboxylic acids is 5. The van der Waals surface area contributed by atoms with E-state index in [-0.39, 0.29) is 118 Å². The Balaban J connectivity index is -0.00000104. The highest BCUT2D eigenvalue weighted by Crippen LogP contribution is 2.36. The Morgan fingerprint density at radius 3 is 1.40 bits per heavy atom. The summed E-state index contributed by atoms with van der Waals surface area (Å²) >= 11 is 12.3. The third-order valence-electron chi connectivity index (χ3n) is 11.3. The number of carbonyl (C=O) groups is 8. The molecule has 0 bridgehead atoms. The van der Waals surface area contributed by atoms with Gasteiger partial charge in [0.15, 0.2) is 59.4 Å². The molecule has 0 aliphatic heterocycles. The van der Waals surface area contributed by atoms with E-state index in [9.17, 15) is 60.3 Å². The van der Waals surface area contributed by atoms with Gasteiger partial charge in [0.1, 0.15) is 34.6 Å². The summed E-state index contributed by atoms with van der Waals surface area (Å²) in [6.07, 6.45) is -0.985. The Bertz CT molecular complexity index is 3340. The van der Waals surface area contributed by atoms with E-state index in [1.165, 1.54) is 90.4 Å². The Morgan fingerprint density at radius 2 is 0.944 bits per heavy atom. The van der Waals surface area contributed by atoms with Gasteiger partial charge >= 0.3 is 29.8 Å². The van der Waals surface area contributed by atoms with Crippen LogP contribution in [0.2, 0.25) is 5.02 Å². The lowest BCUT2D eigenvalue weighted by Crippen LogP contribution is -2.24. The van der Waals surface area contributed by atoms with Crippen LogP contribution in [0.15, 0.2) is 106 Å². The van der Waals surface area contributed by atoms with Crippen LogP contribution in [0.25, 0.3) is 11.6 Å². The van der Waals surface area contributed by atoms with Crippen molar-refractivity contribution in [1.82, 2.24) is 0 Å². The summed E-state index contributed by atoms with van der Waals surface area (Å²) in [6, 6.07) is 19.4. The minimum atomic E-state index is -1.88. The fourth-order valence-corrected chi connectivity index (χ4v) is 7.70. The van der Waals surface area contributed by atoms with Gasteiger partial charge in [-0.25, -0.2) is 37.1 Å². The highest BCUT2D eigenvalue weighted by Gasteiger charge is 2.24. The van der Waals surface area contributed by atoms with Gasteiger partial charge in [-0.1, -0.05) is 63.4 Å². The number of carbonyl (C=O) groups excluding carboxylic acids is 3. The number of hydrogen-bond acceptors (Lipinski definition) is 13. The average Bonchev–Trinajstić information content (AvgIpc) is 1.49. The fraction of sp³-hybridized carbons (Fsp3) is 0.300. The molecule has 18 nitrogen and oxygen atoms in total. The van der Waals surface area contributed by atoms with Crippen LogP contribution in [0.4, 0.5) is 22.0 Å². The summed E-state index contributed by atoms with van der Waals surface area (Å²) in [4.78, 5) is 87.7. The van der Waals surface area contributed by atoms with E-state index < -0.39 is 95.4 Å². The van der Waals surface area contributed by atoms with Crippen LogP contribution in [0, 0.1) is 17.5 Å². The molecule has 5 atom stereocenters. The van der Waals surface area contributed by atoms with Crippen molar-refractivity contribution in [3.8, 4) is 28.7 Å². The molecule has 90 heavy (non-hydrogen) atoms. The predicted molar refractivity (Wildman–Crippen MR) is 354 cm³/mol. The number of allylic oxidation sites excluding steroid dienone is 2. The normalized spacial score (nSPS) is 12.2. The van der Waals surface area contributed by atoms with E-state index in [0.29, 0.717) is 27.4 Å². The molecule has 1 aliphatic carbocycles. The number of rotatable bonds is 22. The van der Waals surface area contributed by atoms with E-state index in [1.54, 1.807) is 13.0 Å². The molecule has 0 amide bonds.